The molecule has 0 fully saturated rings. The van der Waals surface area contributed by atoms with Gasteiger partial charge in [0.15, 0.2) is 10.9 Å². The number of nitrogens with one attached hydrogen (secondary N) is 1. The van der Waals surface area contributed by atoms with Gasteiger partial charge in [-0.05, 0) is 12.5 Å². The second kappa shape index (κ2) is 5.92. The van der Waals surface area contributed by atoms with Gasteiger partial charge in [0, 0.05) is 31.5 Å². The number of carbonyl (C=O) groups is 1. The molecule has 0 aliphatic heterocycles. The van der Waals surface area contributed by atoms with Crippen LogP contribution in [0.15, 0.2) is 28.4 Å². The van der Waals surface area contributed by atoms with Crippen LogP contribution in [0.2, 0.25) is 0 Å². The maximum Gasteiger partial charge on any atom is 0.343 e. The third kappa shape index (κ3) is 3.17. The third-order valence-electron chi connectivity index (χ3n) is 2.66. The predicted molar refractivity (Wildman–Crippen MR) is 73.6 cm³/mol. The largest absolute Gasteiger partial charge is 0.357 e. The fourth-order valence-electron chi connectivity index (χ4n) is 1.72. The van der Waals surface area contributed by atoms with Gasteiger partial charge in [-0.3, -0.25) is 9.36 Å². The van der Waals surface area contributed by atoms with E-state index in [0.717, 1.165) is 6.42 Å². The molecule has 19 heavy (non-hydrogen) atoms. The fraction of sp³-hybridized carbons (Fsp3) is 0.417. The van der Waals surface area contributed by atoms with Crippen molar-refractivity contribution in [3.63, 3.8) is 0 Å². The summed E-state index contributed by atoms with van der Waals surface area (Å²) in [4.78, 5) is 23.4. The van der Waals surface area contributed by atoms with E-state index in [1.807, 2.05) is 24.7 Å². The van der Waals surface area contributed by atoms with Crippen molar-refractivity contribution in [2.45, 2.75) is 25.0 Å². The Kier molecular flexibility index (Phi) is 4.26. The van der Waals surface area contributed by atoms with Gasteiger partial charge in [-0.15, -0.1) is 5.10 Å². The highest BCUT2D eigenvalue weighted by atomic mass is 32.2. The summed E-state index contributed by atoms with van der Waals surface area (Å²) in [6, 6.07) is 1.78. The Labute approximate surface area is 114 Å². The Bertz CT molecular complexity index is 626. The summed E-state index contributed by atoms with van der Waals surface area (Å²) in [6.07, 6.45) is 4.46. The van der Waals surface area contributed by atoms with Crippen LogP contribution in [0.25, 0.3) is 0 Å². The molecule has 2 aromatic heterocycles. The zero-order valence-electron chi connectivity index (χ0n) is 10.9. The number of ketones is 1. The standard InChI is InChI=1S/C12H16N4O2S/c1-3-5-16-11(18)13-14-12(16)19-8-10(17)9-4-6-15(2)7-9/h4,6-7H,3,5,8H2,1-2H3,(H,13,18). The van der Waals surface area contributed by atoms with Crippen LogP contribution in [-0.4, -0.2) is 30.9 Å². The molecule has 6 nitrogen and oxygen atoms in total. The second-order valence-electron chi connectivity index (χ2n) is 4.24. The maximum absolute atomic E-state index is 11.9. The van der Waals surface area contributed by atoms with Gasteiger partial charge in [0.25, 0.3) is 0 Å². The number of aromatic nitrogens is 4. The van der Waals surface area contributed by atoms with E-state index in [1.165, 1.54) is 11.8 Å². The van der Waals surface area contributed by atoms with Crippen molar-refractivity contribution in [2.24, 2.45) is 7.05 Å². The number of aryl methyl sites for hydroxylation is 1. The van der Waals surface area contributed by atoms with Gasteiger partial charge in [0.2, 0.25) is 0 Å². The van der Waals surface area contributed by atoms with E-state index in [2.05, 4.69) is 10.2 Å². The lowest BCUT2D eigenvalue weighted by molar-refractivity contribution is 0.102. The van der Waals surface area contributed by atoms with Gasteiger partial charge in [-0.1, -0.05) is 18.7 Å². The molecule has 0 amide bonds. The van der Waals surface area contributed by atoms with Gasteiger partial charge in [0.05, 0.1) is 5.75 Å². The first-order chi connectivity index (χ1) is 9.11. The van der Waals surface area contributed by atoms with Crippen LogP contribution >= 0.6 is 11.8 Å². The zero-order chi connectivity index (χ0) is 13.8. The highest BCUT2D eigenvalue weighted by Gasteiger charge is 2.12. The van der Waals surface area contributed by atoms with Crippen LogP contribution < -0.4 is 5.69 Å². The lowest BCUT2D eigenvalue weighted by Crippen LogP contribution is -2.17. The van der Waals surface area contributed by atoms with Crippen molar-refractivity contribution >= 4 is 17.5 Å². The number of H-pyrrole nitrogens is 1. The number of Topliss-reactive ketones (excluding diaryl/α,β-unsaturated/α-hetero) is 1. The highest BCUT2D eigenvalue weighted by Crippen LogP contribution is 2.15. The number of hydrogen-bond acceptors (Lipinski definition) is 4. The third-order valence-corrected chi connectivity index (χ3v) is 3.63. The quantitative estimate of drug-likeness (QED) is 0.639. The summed E-state index contributed by atoms with van der Waals surface area (Å²) in [5.74, 6) is 0.307. The van der Waals surface area contributed by atoms with E-state index < -0.39 is 0 Å². The summed E-state index contributed by atoms with van der Waals surface area (Å²) in [5, 5.41) is 6.91. The predicted octanol–water partition coefficient (Wildman–Crippen LogP) is 1.29. The molecule has 1 N–H and O–H groups in total. The minimum absolute atomic E-state index is 0.0316. The lowest BCUT2D eigenvalue weighted by atomic mass is 10.2. The lowest BCUT2D eigenvalue weighted by Gasteiger charge is -2.02. The first kappa shape index (κ1) is 13.7. The summed E-state index contributed by atoms with van der Waals surface area (Å²) < 4.78 is 3.39. The first-order valence-electron chi connectivity index (χ1n) is 6.05. The number of hydrogen-bond donors (Lipinski definition) is 1. The maximum atomic E-state index is 11.9. The average Bonchev–Trinajstić information content (AvgIpc) is 2.96. The van der Waals surface area contributed by atoms with E-state index in [1.54, 1.807) is 16.8 Å². The van der Waals surface area contributed by atoms with Crippen molar-refractivity contribution in [3.05, 3.63) is 34.5 Å². The SMILES string of the molecule is CCCn1c(SCC(=O)c2ccn(C)c2)n[nH]c1=O. The monoisotopic (exact) mass is 280 g/mol. The van der Waals surface area contributed by atoms with E-state index in [9.17, 15) is 9.59 Å². The molecule has 2 aromatic rings. The average molecular weight is 280 g/mol. The summed E-state index contributed by atoms with van der Waals surface area (Å²) in [5.41, 5.74) is 0.450. The molecule has 0 aliphatic carbocycles. The Morgan fingerprint density at radius 2 is 2.32 bits per heavy atom. The number of rotatable bonds is 6. The topological polar surface area (TPSA) is 72.7 Å². The molecule has 0 saturated carbocycles. The van der Waals surface area contributed by atoms with Crippen LogP contribution in [-0.2, 0) is 13.6 Å². The number of thioether (sulfide) groups is 1. The minimum Gasteiger partial charge on any atom is -0.357 e. The van der Waals surface area contributed by atoms with E-state index in [0.29, 0.717) is 17.3 Å². The second-order valence-corrected chi connectivity index (χ2v) is 5.18. The molecule has 0 unspecified atom stereocenters. The van der Waals surface area contributed by atoms with Gasteiger partial charge >= 0.3 is 5.69 Å². The van der Waals surface area contributed by atoms with E-state index >= 15 is 0 Å². The van der Waals surface area contributed by atoms with E-state index in [-0.39, 0.29) is 17.2 Å². The van der Waals surface area contributed by atoms with Gasteiger partial charge in [-0.25, -0.2) is 9.89 Å². The van der Waals surface area contributed by atoms with Crippen molar-refractivity contribution in [2.75, 3.05) is 5.75 Å². The Balaban J connectivity index is 2.03. The van der Waals surface area contributed by atoms with Crippen LogP contribution in [0.1, 0.15) is 23.7 Å². The molecule has 0 atom stereocenters. The van der Waals surface area contributed by atoms with Crippen molar-refractivity contribution in [3.8, 4) is 0 Å². The number of carbonyl (C=O) groups excluding carboxylic acids is 1. The van der Waals surface area contributed by atoms with Gasteiger partial charge in [0.1, 0.15) is 0 Å². The molecular formula is C12H16N4O2S. The molecule has 2 rings (SSSR count). The van der Waals surface area contributed by atoms with E-state index in [4.69, 9.17) is 0 Å². The summed E-state index contributed by atoms with van der Waals surface area (Å²) in [6.45, 7) is 2.60. The molecule has 0 saturated heterocycles. The van der Waals surface area contributed by atoms with Gasteiger partial charge in [-0.2, -0.15) is 0 Å². The Morgan fingerprint density at radius 3 is 2.95 bits per heavy atom. The zero-order valence-corrected chi connectivity index (χ0v) is 11.7. The smallest absolute Gasteiger partial charge is 0.343 e. The first-order valence-corrected chi connectivity index (χ1v) is 7.03. The van der Waals surface area contributed by atoms with Crippen LogP contribution in [0, 0.1) is 0 Å². The van der Waals surface area contributed by atoms with Crippen LogP contribution in [0.5, 0.6) is 0 Å². The molecule has 0 radical (unpaired) electrons. The fourth-order valence-corrected chi connectivity index (χ4v) is 2.58. The number of nitrogens with zero attached hydrogens (tertiary/aromatic N) is 3. The van der Waals surface area contributed by atoms with Crippen LogP contribution in [0.4, 0.5) is 0 Å². The molecule has 2 heterocycles. The van der Waals surface area contributed by atoms with Gasteiger partial charge < -0.3 is 4.57 Å². The van der Waals surface area contributed by atoms with Crippen molar-refractivity contribution in [1.29, 1.82) is 0 Å². The molecule has 102 valence electrons. The number of aromatic amines is 1. The highest BCUT2D eigenvalue weighted by molar-refractivity contribution is 7.99. The molecular weight excluding hydrogens is 264 g/mol. The molecule has 0 bridgehead atoms. The Hall–Kier alpha value is -1.76. The molecule has 0 spiro atoms. The van der Waals surface area contributed by atoms with Crippen molar-refractivity contribution in [1.82, 2.24) is 19.3 Å². The Morgan fingerprint density at radius 1 is 1.53 bits per heavy atom. The summed E-state index contributed by atoms with van der Waals surface area (Å²) in [7, 11) is 1.87. The summed E-state index contributed by atoms with van der Waals surface area (Å²) >= 11 is 1.28. The van der Waals surface area contributed by atoms with Crippen LogP contribution in [0.3, 0.4) is 0 Å². The molecule has 0 aliphatic rings. The normalized spacial score (nSPS) is 10.8. The minimum atomic E-state index is -0.225. The molecule has 7 heteroatoms. The van der Waals surface area contributed by atoms with Crippen molar-refractivity contribution < 1.29 is 4.79 Å². The molecule has 0 aromatic carbocycles.